The van der Waals surface area contributed by atoms with Crippen LogP contribution in [-0.2, 0) is 4.79 Å². The molecule has 6 heteroatoms. The quantitative estimate of drug-likeness (QED) is 0.712. The third kappa shape index (κ3) is 6.20. The molecule has 0 aromatic heterocycles. The van der Waals surface area contributed by atoms with E-state index in [1.54, 1.807) is 24.3 Å². The zero-order chi connectivity index (χ0) is 17.6. The van der Waals surface area contributed by atoms with Crippen molar-refractivity contribution in [3.8, 4) is 0 Å². The van der Waals surface area contributed by atoms with Crippen LogP contribution in [0.4, 0.5) is 0 Å². The molecule has 0 spiro atoms. The van der Waals surface area contributed by atoms with Crippen molar-refractivity contribution >= 4 is 23.4 Å². The third-order valence-corrected chi connectivity index (χ3v) is 3.85. The molecule has 0 aliphatic heterocycles. The van der Waals surface area contributed by atoms with Crippen LogP contribution in [0.5, 0.6) is 0 Å². The number of rotatable bonds is 7. The Bertz CT molecular complexity index is 529. The molecule has 128 valence electrons. The van der Waals surface area contributed by atoms with Crippen molar-refractivity contribution in [2.24, 2.45) is 11.8 Å². The molecule has 2 atom stereocenters. The monoisotopic (exact) mass is 340 g/mol. The minimum atomic E-state index is -0.669. The zero-order valence-corrected chi connectivity index (χ0v) is 14.7. The smallest absolute Gasteiger partial charge is 0.251 e. The maximum atomic E-state index is 12.3. The van der Waals surface area contributed by atoms with Gasteiger partial charge in [-0.05, 0) is 36.1 Å². The number of hydrogen-bond donors (Lipinski definition) is 3. The summed E-state index contributed by atoms with van der Waals surface area (Å²) < 4.78 is 0. The number of nitrogens with one attached hydrogen (secondary N) is 2. The molecule has 1 aromatic carbocycles. The Hall–Kier alpha value is -1.59. The van der Waals surface area contributed by atoms with Crippen molar-refractivity contribution in [1.82, 2.24) is 10.6 Å². The number of carbonyl (C=O) groups excluding carboxylic acids is 2. The Balaban J connectivity index is 2.69. The van der Waals surface area contributed by atoms with E-state index in [9.17, 15) is 14.7 Å². The van der Waals surface area contributed by atoms with Gasteiger partial charge in [-0.3, -0.25) is 9.59 Å². The van der Waals surface area contributed by atoms with Crippen molar-refractivity contribution < 1.29 is 14.7 Å². The van der Waals surface area contributed by atoms with E-state index in [4.69, 9.17) is 11.6 Å². The molecule has 1 aromatic rings. The fourth-order valence-electron chi connectivity index (χ4n) is 1.91. The van der Waals surface area contributed by atoms with E-state index in [0.717, 1.165) is 0 Å². The molecule has 23 heavy (non-hydrogen) atoms. The topological polar surface area (TPSA) is 78.4 Å². The number of hydrogen-bond acceptors (Lipinski definition) is 3. The second-order valence-corrected chi connectivity index (χ2v) is 6.69. The molecule has 2 amide bonds. The Morgan fingerprint density at radius 1 is 1.09 bits per heavy atom. The van der Waals surface area contributed by atoms with Gasteiger partial charge < -0.3 is 15.7 Å². The van der Waals surface area contributed by atoms with Gasteiger partial charge in [0.1, 0.15) is 6.04 Å². The van der Waals surface area contributed by atoms with Crippen molar-refractivity contribution in [2.75, 3.05) is 6.54 Å². The summed E-state index contributed by atoms with van der Waals surface area (Å²) in [5.74, 6) is -0.666. The summed E-state index contributed by atoms with van der Waals surface area (Å²) in [6, 6.07) is 5.79. The lowest BCUT2D eigenvalue weighted by molar-refractivity contribution is -0.124. The molecule has 0 radical (unpaired) electrons. The summed E-state index contributed by atoms with van der Waals surface area (Å²) in [4.78, 5) is 24.5. The van der Waals surface area contributed by atoms with E-state index < -0.39 is 12.1 Å². The number of benzene rings is 1. The van der Waals surface area contributed by atoms with Gasteiger partial charge in [-0.1, -0.05) is 39.3 Å². The van der Waals surface area contributed by atoms with Gasteiger partial charge in [-0.25, -0.2) is 0 Å². The summed E-state index contributed by atoms with van der Waals surface area (Å²) >= 11 is 5.80. The molecule has 0 aliphatic carbocycles. The van der Waals surface area contributed by atoms with Crippen LogP contribution in [0.2, 0.25) is 5.02 Å². The van der Waals surface area contributed by atoms with Crippen LogP contribution >= 0.6 is 11.6 Å². The Kier molecular flexibility index (Phi) is 7.52. The first-order chi connectivity index (χ1) is 10.7. The Labute approximate surface area is 142 Å². The fourth-order valence-corrected chi connectivity index (χ4v) is 2.04. The average Bonchev–Trinajstić information content (AvgIpc) is 2.49. The predicted molar refractivity (Wildman–Crippen MR) is 91.4 cm³/mol. The van der Waals surface area contributed by atoms with Crippen LogP contribution in [0, 0.1) is 11.8 Å². The molecule has 0 saturated carbocycles. The van der Waals surface area contributed by atoms with Crippen LogP contribution in [0.25, 0.3) is 0 Å². The molecule has 0 aliphatic rings. The van der Waals surface area contributed by atoms with Gasteiger partial charge in [0.05, 0.1) is 6.10 Å². The van der Waals surface area contributed by atoms with Crippen LogP contribution in [0.15, 0.2) is 24.3 Å². The lowest BCUT2D eigenvalue weighted by Crippen LogP contribution is -2.51. The Morgan fingerprint density at radius 2 is 1.65 bits per heavy atom. The number of carbonyl (C=O) groups is 2. The summed E-state index contributed by atoms with van der Waals surface area (Å²) in [5, 5.41) is 15.7. The second-order valence-electron chi connectivity index (χ2n) is 6.26. The van der Waals surface area contributed by atoms with Gasteiger partial charge >= 0.3 is 0 Å². The highest BCUT2D eigenvalue weighted by molar-refractivity contribution is 6.30. The standard InChI is InChI=1S/C17H25ClN2O3/c1-10(2)14(21)9-19-17(23)15(11(3)4)20-16(22)12-5-7-13(18)8-6-12/h5-8,10-11,14-15,21H,9H2,1-4H3,(H,19,23)(H,20,22). The minimum absolute atomic E-state index is 0.0523. The number of amides is 2. The van der Waals surface area contributed by atoms with Crippen molar-refractivity contribution in [3.63, 3.8) is 0 Å². The predicted octanol–water partition coefficient (Wildman–Crippen LogP) is 2.23. The van der Waals surface area contributed by atoms with Crippen molar-refractivity contribution in [2.45, 2.75) is 39.8 Å². The van der Waals surface area contributed by atoms with Gasteiger partial charge in [0, 0.05) is 17.1 Å². The first-order valence-corrected chi connectivity index (χ1v) is 8.12. The summed E-state index contributed by atoms with van der Waals surface area (Å²) in [6.07, 6.45) is -0.612. The van der Waals surface area contributed by atoms with Crippen LogP contribution < -0.4 is 10.6 Å². The van der Waals surface area contributed by atoms with Gasteiger partial charge in [0.2, 0.25) is 5.91 Å². The molecule has 3 N–H and O–H groups in total. The summed E-state index contributed by atoms with van der Waals surface area (Å²) in [7, 11) is 0. The second kappa shape index (κ2) is 8.89. The molecule has 2 unspecified atom stereocenters. The van der Waals surface area contributed by atoms with Gasteiger partial charge in [0.15, 0.2) is 0 Å². The molecular formula is C17H25ClN2O3. The molecule has 0 saturated heterocycles. The van der Waals surface area contributed by atoms with E-state index in [2.05, 4.69) is 10.6 Å². The number of aliphatic hydroxyl groups excluding tert-OH is 1. The highest BCUT2D eigenvalue weighted by atomic mass is 35.5. The lowest BCUT2D eigenvalue weighted by atomic mass is 10.0. The average molecular weight is 341 g/mol. The SMILES string of the molecule is CC(C)C(O)CNC(=O)C(NC(=O)c1ccc(Cl)cc1)C(C)C. The first-order valence-electron chi connectivity index (χ1n) is 7.74. The van der Waals surface area contributed by atoms with E-state index >= 15 is 0 Å². The largest absolute Gasteiger partial charge is 0.391 e. The first kappa shape index (κ1) is 19.5. The van der Waals surface area contributed by atoms with Gasteiger partial charge in [-0.15, -0.1) is 0 Å². The molecule has 0 fully saturated rings. The minimum Gasteiger partial charge on any atom is -0.391 e. The van der Waals surface area contributed by atoms with Crippen LogP contribution in [0.1, 0.15) is 38.1 Å². The Morgan fingerprint density at radius 3 is 2.13 bits per heavy atom. The number of aliphatic hydroxyl groups is 1. The highest BCUT2D eigenvalue weighted by Crippen LogP contribution is 2.11. The normalized spacial score (nSPS) is 13.7. The summed E-state index contributed by atoms with van der Waals surface area (Å²) in [6.45, 7) is 7.62. The summed E-state index contributed by atoms with van der Waals surface area (Å²) in [5.41, 5.74) is 0.440. The highest BCUT2D eigenvalue weighted by Gasteiger charge is 2.25. The van der Waals surface area contributed by atoms with Crippen LogP contribution in [-0.4, -0.2) is 35.6 Å². The van der Waals surface area contributed by atoms with Crippen molar-refractivity contribution in [3.05, 3.63) is 34.9 Å². The van der Waals surface area contributed by atoms with Crippen molar-refractivity contribution in [1.29, 1.82) is 0 Å². The molecule has 0 heterocycles. The third-order valence-electron chi connectivity index (χ3n) is 3.60. The maximum absolute atomic E-state index is 12.3. The fraction of sp³-hybridized carbons (Fsp3) is 0.529. The van der Waals surface area contributed by atoms with Gasteiger partial charge in [0.25, 0.3) is 5.91 Å². The lowest BCUT2D eigenvalue weighted by Gasteiger charge is -2.23. The zero-order valence-electron chi connectivity index (χ0n) is 14.0. The molecular weight excluding hydrogens is 316 g/mol. The van der Waals surface area contributed by atoms with E-state index in [-0.39, 0.29) is 30.2 Å². The number of halogens is 1. The molecule has 5 nitrogen and oxygen atoms in total. The van der Waals surface area contributed by atoms with E-state index in [0.29, 0.717) is 10.6 Å². The van der Waals surface area contributed by atoms with Crippen LogP contribution in [0.3, 0.4) is 0 Å². The maximum Gasteiger partial charge on any atom is 0.251 e. The molecule has 0 bridgehead atoms. The van der Waals surface area contributed by atoms with E-state index in [1.807, 2.05) is 27.7 Å². The van der Waals surface area contributed by atoms with Gasteiger partial charge in [-0.2, -0.15) is 0 Å². The molecule has 1 rings (SSSR count). The van der Waals surface area contributed by atoms with E-state index in [1.165, 1.54) is 0 Å².